The number of pyridine rings is 1. The molecule has 0 spiro atoms. The minimum Gasteiger partial charge on any atom is -0.495 e. The number of nitrogens with two attached hydrogens (primary N) is 1. The Kier molecular flexibility index (Phi) is 3.51. The molecule has 6 heteroatoms. The Morgan fingerprint density at radius 1 is 1.32 bits per heavy atom. The van der Waals surface area contributed by atoms with Crippen LogP contribution in [0, 0.1) is 0 Å². The van der Waals surface area contributed by atoms with Gasteiger partial charge in [-0.3, -0.25) is 9.59 Å². The number of H-pyrrole nitrogens is 1. The van der Waals surface area contributed by atoms with Crippen molar-refractivity contribution >= 4 is 17.3 Å². The monoisotopic (exact) mass is 259 g/mol. The van der Waals surface area contributed by atoms with Crippen molar-refractivity contribution in [3.05, 3.63) is 52.4 Å². The molecule has 0 unspecified atom stereocenters. The first-order valence-corrected chi connectivity index (χ1v) is 5.54. The van der Waals surface area contributed by atoms with Crippen molar-refractivity contribution in [3.8, 4) is 5.75 Å². The highest BCUT2D eigenvalue weighted by Crippen LogP contribution is 2.25. The summed E-state index contributed by atoms with van der Waals surface area (Å²) in [6.45, 7) is 0. The Morgan fingerprint density at radius 3 is 2.79 bits per heavy atom. The summed E-state index contributed by atoms with van der Waals surface area (Å²) in [5.74, 6) is 0.0591. The lowest BCUT2D eigenvalue weighted by molar-refractivity contribution is 0.102. The standard InChI is InChI=1S/C13H13N3O3/c1-19-11-7-8(5-6-9(11)14)15-13(18)10-3-2-4-12(17)16-10/h2-7H,14H2,1H3,(H,15,18)(H,16,17). The van der Waals surface area contributed by atoms with Gasteiger partial charge in [0.25, 0.3) is 5.91 Å². The minimum atomic E-state index is -0.412. The number of nitrogen functional groups attached to an aromatic ring is 1. The van der Waals surface area contributed by atoms with E-state index in [2.05, 4.69) is 10.3 Å². The van der Waals surface area contributed by atoms with E-state index >= 15 is 0 Å². The van der Waals surface area contributed by atoms with E-state index in [9.17, 15) is 9.59 Å². The Morgan fingerprint density at radius 2 is 2.11 bits per heavy atom. The molecule has 0 saturated heterocycles. The average Bonchev–Trinajstić information content (AvgIpc) is 2.41. The van der Waals surface area contributed by atoms with Crippen molar-refractivity contribution in [1.29, 1.82) is 0 Å². The topological polar surface area (TPSA) is 97.2 Å². The first kappa shape index (κ1) is 12.7. The van der Waals surface area contributed by atoms with Crippen LogP contribution in [0.15, 0.2) is 41.2 Å². The van der Waals surface area contributed by atoms with Crippen molar-refractivity contribution in [2.45, 2.75) is 0 Å². The predicted molar refractivity (Wildman–Crippen MR) is 72.4 cm³/mol. The Labute approximate surface area is 109 Å². The quantitative estimate of drug-likeness (QED) is 0.722. The molecule has 0 saturated carbocycles. The first-order chi connectivity index (χ1) is 9.10. The van der Waals surface area contributed by atoms with Gasteiger partial charge >= 0.3 is 0 Å². The van der Waals surface area contributed by atoms with Gasteiger partial charge in [0.15, 0.2) is 0 Å². The molecule has 1 aromatic heterocycles. The zero-order chi connectivity index (χ0) is 13.8. The second-order valence-corrected chi connectivity index (χ2v) is 3.84. The summed E-state index contributed by atoms with van der Waals surface area (Å²) in [5, 5.41) is 2.64. The Bertz CT molecular complexity index is 664. The van der Waals surface area contributed by atoms with Crippen LogP contribution in [0.5, 0.6) is 5.75 Å². The Balaban J connectivity index is 2.21. The van der Waals surface area contributed by atoms with Gasteiger partial charge < -0.3 is 20.8 Å². The first-order valence-electron chi connectivity index (χ1n) is 5.54. The lowest BCUT2D eigenvalue weighted by Crippen LogP contribution is -2.17. The van der Waals surface area contributed by atoms with Crippen LogP contribution in [0.3, 0.4) is 0 Å². The molecule has 1 heterocycles. The number of nitrogens with one attached hydrogen (secondary N) is 2. The lowest BCUT2D eigenvalue weighted by Gasteiger charge is -2.08. The molecule has 0 aliphatic rings. The van der Waals surface area contributed by atoms with Crippen molar-refractivity contribution in [2.75, 3.05) is 18.2 Å². The Hall–Kier alpha value is -2.76. The second kappa shape index (κ2) is 5.26. The number of carbonyl (C=O) groups is 1. The van der Waals surface area contributed by atoms with Crippen LogP contribution in [0.1, 0.15) is 10.5 Å². The zero-order valence-corrected chi connectivity index (χ0v) is 10.3. The number of amides is 1. The molecule has 0 aliphatic heterocycles. The normalized spacial score (nSPS) is 9.95. The summed E-state index contributed by atoms with van der Waals surface area (Å²) in [6.07, 6.45) is 0. The third kappa shape index (κ3) is 2.92. The van der Waals surface area contributed by atoms with Crippen molar-refractivity contribution in [1.82, 2.24) is 4.98 Å². The van der Waals surface area contributed by atoms with Crippen molar-refractivity contribution in [3.63, 3.8) is 0 Å². The summed E-state index contributed by atoms with van der Waals surface area (Å²) in [5.41, 5.74) is 6.54. The maximum atomic E-state index is 11.9. The molecule has 0 fully saturated rings. The number of aromatic amines is 1. The maximum Gasteiger partial charge on any atom is 0.272 e. The summed E-state index contributed by atoms with van der Waals surface area (Å²) < 4.78 is 5.06. The number of rotatable bonds is 3. The van der Waals surface area contributed by atoms with Crippen LogP contribution in [0.25, 0.3) is 0 Å². The number of anilines is 2. The molecule has 98 valence electrons. The molecule has 4 N–H and O–H groups in total. The summed E-state index contributed by atoms with van der Waals surface area (Å²) in [7, 11) is 1.49. The van der Waals surface area contributed by atoms with Crippen LogP contribution in [-0.4, -0.2) is 18.0 Å². The fourth-order valence-electron chi connectivity index (χ4n) is 1.57. The second-order valence-electron chi connectivity index (χ2n) is 3.84. The number of ether oxygens (including phenoxy) is 1. The molecule has 2 rings (SSSR count). The van der Waals surface area contributed by atoms with Crippen LogP contribution in [-0.2, 0) is 0 Å². The number of benzene rings is 1. The molecule has 1 amide bonds. The lowest BCUT2D eigenvalue weighted by atomic mass is 10.2. The SMILES string of the molecule is COc1cc(NC(=O)c2cccc(=O)[nH]2)ccc1N. The van der Waals surface area contributed by atoms with E-state index in [0.717, 1.165) is 0 Å². The largest absolute Gasteiger partial charge is 0.495 e. The van der Waals surface area contributed by atoms with Gasteiger partial charge in [-0.25, -0.2) is 0 Å². The third-order valence-corrected chi connectivity index (χ3v) is 2.50. The number of hydrogen-bond acceptors (Lipinski definition) is 4. The highest BCUT2D eigenvalue weighted by atomic mass is 16.5. The molecule has 6 nitrogen and oxygen atoms in total. The van der Waals surface area contributed by atoms with E-state index in [4.69, 9.17) is 10.5 Å². The molecule has 2 aromatic rings. The highest BCUT2D eigenvalue weighted by Gasteiger charge is 2.08. The molecule has 0 radical (unpaired) electrons. The maximum absolute atomic E-state index is 11.9. The minimum absolute atomic E-state index is 0.184. The smallest absolute Gasteiger partial charge is 0.272 e. The van der Waals surface area contributed by atoms with E-state index in [-0.39, 0.29) is 11.3 Å². The molecule has 1 aromatic carbocycles. The van der Waals surface area contributed by atoms with Crippen LogP contribution in [0.2, 0.25) is 0 Å². The van der Waals surface area contributed by atoms with E-state index in [1.165, 1.54) is 25.3 Å². The van der Waals surface area contributed by atoms with Crippen molar-refractivity contribution in [2.24, 2.45) is 0 Å². The van der Waals surface area contributed by atoms with Crippen LogP contribution < -0.4 is 21.3 Å². The fraction of sp³-hybridized carbons (Fsp3) is 0.0769. The molecule has 19 heavy (non-hydrogen) atoms. The zero-order valence-electron chi connectivity index (χ0n) is 10.3. The van der Waals surface area contributed by atoms with E-state index < -0.39 is 5.91 Å². The van der Waals surface area contributed by atoms with Gasteiger partial charge in [0.2, 0.25) is 5.56 Å². The molecular weight excluding hydrogens is 246 g/mol. The molecular formula is C13H13N3O3. The van der Waals surface area contributed by atoms with Gasteiger partial charge in [-0.2, -0.15) is 0 Å². The van der Waals surface area contributed by atoms with Gasteiger partial charge in [-0.15, -0.1) is 0 Å². The van der Waals surface area contributed by atoms with Gasteiger partial charge in [0.05, 0.1) is 12.8 Å². The molecule has 0 aliphatic carbocycles. The summed E-state index contributed by atoms with van der Waals surface area (Å²) in [4.78, 5) is 25.5. The van der Waals surface area contributed by atoms with E-state index in [1.54, 1.807) is 18.2 Å². The number of hydrogen-bond donors (Lipinski definition) is 3. The van der Waals surface area contributed by atoms with Gasteiger partial charge in [0.1, 0.15) is 11.4 Å². The van der Waals surface area contributed by atoms with E-state index in [0.29, 0.717) is 17.1 Å². The number of methoxy groups -OCH3 is 1. The number of aromatic nitrogens is 1. The van der Waals surface area contributed by atoms with E-state index in [1.807, 2.05) is 0 Å². The van der Waals surface area contributed by atoms with Crippen LogP contribution >= 0.6 is 0 Å². The van der Waals surface area contributed by atoms with Gasteiger partial charge in [0, 0.05) is 17.8 Å². The summed E-state index contributed by atoms with van der Waals surface area (Å²) in [6, 6.07) is 9.25. The molecule has 0 bridgehead atoms. The third-order valence-electron chi connectivity index (χ3n) is 2.50. The van der Waals surface area contributed by atoms with Gasteiger partial charge in [-0.05, 0) is 18.2 Å². The summed E-state index contributed by atoms with van der Waals surface area (Å²) >= 11 is 0. The van der Waals surface area contributed by atoms with Crippen LogP contribution in [0.4, 0.5) is 11.4 Å². The highest BCUT2D eigenvalue weighted by molar-refractivity contribution is 6.03. The van der Waals surface area contributed by atoms with Crippen molar-refractivity contribution < 1.29 is 9.53 Å². The predicted octanol–water partition coefficient (Wildman–Crippen LogP) is 1.22. The van der Waals surface area contributed by atoms with Gasteiger partial charge in [-0.1, -0.05) is 6.07 Å². The number of carbonyl (C=O) groups excluding carboxylic acids is 1. The molecule has 0 atom stereocenters. The average molecular weight is 259 g/mol. The fourth-order valence-corrected chi connectivity index (χ4v) is 1.57.